The summed E-state index contributed by atoms with van der Waals surface area (Å²) in [6, 6.07) is 16.9. The molecule has 0 fully saturated rings. The Bertz CT molecular complexity index is 917. The molecule has 2 amide bonds. The molecule has 0 saturated carbocycles. The van der Waals surface area contributed by atoms with Gasteiger partial charge in [-0.05, 0) is 60.7 Å². The molecule has 0 radical (unpaired) electrons. The summed E-state index contributed by atoms with van der Waals surface area (Å²) in [6.45, 7) is 0.211. The smallest absolute Gasteiger partial charge is 0.291 e. The van der Waals surface area contributed by atoms with Crippen LogP contribution in [-0.4, -0.2) is 11.8 Å². The standard InChI is InChI=1S/C19H15BrN2O4/c20-13-3-7-15(8-4-13)25-11-16-9-10-17(26-16)19(24)22-14-5-1-12(2-6-14)18(21)23/h1-10H,11H2,(H2,21,23)(H,22,24). The molecule has 3 aromatic rings. The van der Waals surface area contributed by atoms with Crippen molar-refractivity contribution in [1.82, 2.24) is 0 Å². The number of hydrogen-bond acceptors (Lipinski definition) is 4. The van der Waals surface area contributed by atoms with Gasteiger partial charge in [-0.25, -0.2) is 0 Å². The molecule has 132 valence electrons. The van der Waals surface area contributed by atoms with Crippen LogP contribution in [-0.2, 0) is 6.61 Å². The van der Waals surface area contributed by atoms with Crippen LogP contribution in [0.25, 0.3) is 0 Å². The van der Waals surface area contributed by atoms with Gasteiger partial charge in [-0.2, -0.15) is 0 Å². The molecule has 7 heteroatoms. The van der Waals surface area contributed by atoms with Crippen LogP contribution in [0.15, 0.2) is 69.6 Å². The lowest BCUT2D eigenvalue weighted by molar-refractivity contribution is 0.0988. The number of halogens is 1. The molecule has 0 spiro atoms. The van der Waals surface area contributed by atoms with Crippen LogP contribution in [0.3, 0.4) is 0 Å². The van der Waals surface area contributed by atoms with Gasteiger partial charge in [0.2, 0.25) is 5.91 Å². The Morgan fingerprint density at radius 3 is 2.35 bits per heavy atom. The third-order valence-corrected chi connectivity index (χ3v) is 4.04. The van der Waals surface area contributed by atoms with Crippen molar-refractivity contribution in [3.05, 3.63) is 82.2 Å². The van der Waals surface area contributed by atoms with Gasteiger partial charge in [0.1, 0.15) is 18.1 Å². The SMILES string of the molecule is NC(=O)c1ccc(NC(=O)c2ccc(COc3ccc(Br)cc3)o2)cc1. The molecule has 0 unspecified atom stereocenters. The molecule has 0 aliphatic heterocycles. The van der Waals surface area contributed by atoms with Gasteiger partial charge >= 0.3 is 0 Å². The molecule has 26 heavy (non-hydrogen) atoms. The van der Waals surface area contributed by atoms with Crippen molar-refractivity contribution < 1.29 is 18.7 Å². The van der Waals surface area contributed by atoms with Crippen molar-refractivity contribution in [1.29, 1.82) is 0 Å². The normalized spacial score (nSPS) is 10.3. The number of benzene rings is 2. The Morgan fingerprint density at radius 2 is 1.69 bits per heavy atom. The molecule has 0 bridgehead atoms. The molecule has 2 aromatic carbocycles. The first-order valence-corrected chi connectivity index (χ1v) is 8.49. The number of furan rings is 1. The number of ether oxygens (including phenoxy) is 1. The van der Waals surface area contributed by atoms with E-state index < -0.39 is 11.8 Å². The zero-order valence-corrected chi connectivity index (χ0v) is 15.2. The van der Waals surface area contributed by atoms with Crippen LogP contribution >= 0.6 is 15.9 Å². The molecule has 3 rings (SSSR count). The van der Waals surface area contributed by atoms with E-state index in [0.29, 0.717) is 22.8 Å². The number of rotatable bonds is 6. The van der Waals surface area contributed by atoms with E-state index in [4.69, 9.17) is 14.9 Å². The van der Waals surface area contributed by atoms with Gasteiger partial charge in [0, 0.05) is 15.7 Å². The van der Waals surface area contributed by atoms with Crippen molar-refractivity contribution in [2.24, 2.45) is 5.73 Å². The first kappa shape index (κ1) is 17.8. The van der Waals surface area contributed by atoms with Crippen molar-refractivity contribution in [2.75, 3.05) is 5.32 Å². The largest absolute Gasteiger partial charge is 0.486 e. The predicted octanol–water partition coefficient (Wildman–Crippen LogP) is 3.97. The number of anilines is 1. The first-order chi connectivity index (χ1) is 12.5. The summed E-state index contributed by atoms with van der Waals surface area (Å²) in [5.41, 5.74) is 6.08. The van der Waals surface area contributed by atoms with E-state index in [-0.39, 0.29) is 12.4 Å². The van der Waals surface area contributed by atoms with Crippen molar-refractivity contribution >= 4 is 33.4 Å². The summed E-state index contributed by atoms with van der Waals surface area (Å²) in [4.78, 5) is 23.3. The van der Waals surface area contributed by atoms with Crippen LogP contribution in [0, 0.1) is 0 Å². The summed E-state index contributed by atoms with van der Waals surface area (Å²) in [5.74, 6) is 0.474. The molecule has 0 atom stereocenters. The second kappa shape index (κ2) is 7.88. The second-order valence-electron chi connectivity index (χ2n) is 5.40. The highest BCUT2D eigenvalue weighted by Crippen LogP contribution is 2.18. The summed E-state index contributed by atoms with van der Waals surface area (Å²) < 4.78 is 12.1. The van der Waals surface area contributed by atoms with Crippen LogP contribution < -0.4 is 15.8 Å². The van der Waals surface area contributed by atoms with Gasteiger partial charge in [-0.3, -0.25) is 9.59 Å². The minimum absolute atomic E-state index is 0.165. The van der Waals surface area contributed by atoms with E-state index in [1.54, 1.807) is 24.3 Å². The van der Waals surface area contributed by atoms with Crippen molar-refractivity contribution in [3.63, 3.8) is 0 Å². The average molecular weight is 415 g/mol. The lowest BCUT2D eigenvalue weighted by Crippen LogP contribution is -2.13. The fourth-order valence-corrected chi connectivity index (χ4v) is 2.44. The van der Waals surface area contributed by atoms with Gasteiger partial charge in [0.25, 0.3) is 5.91 Å². The highest BCUT2D eigenvalue weighted by molar-refractivity contribution is 9.10. The zero-order chi connectivity index (χ0) is 18.5. The molecule has 3 N–H and O–H groups in total. The lowest BCUT2D eigenvalue weighted by atomic mass is 10.2. The Kier molecular flexibility index (Phi) is 5.38. The van der Waals surface area contributed by atoms with E-state index in [1.807, 2.05) is 24.3 Å². The van der Waals surface area contributed by atoms with Crippen LogP contribution in [0.1, 0.15) is 26.7 Å². The number of amides is 2. The van der Waals surface area contributed by atoms with Crippen LogP contribution in [0.4, 0.5) is 5.69 Å². The Morgan fingerprint density at radius 1 is 1.00 bits per heavy atom. The molecule has 1 aromatic heterocycles. The maximum absolute atomic E-state index is 12.2. The summed E-state index contributed by atoms with van der Waals surface area (Å²) >= 11 is 3.36. The fraction of sp³-hybridized carbons (Fsp3) is 0.0526. The highest BCUT2D eigenvalue weighted by atomic mass is 79.9. The number of carbonyl (C=O) groups is 2. The van der Waals surface area contributed by atoms with Gasteiger partial charge in [-0.1, -0.05) is 15.9 Å². The zero-order valence-electron chi connectivity index (χ0n) is 13.6. The number of hydrogen-bond donors (Lipinski definition) is 2. The van der Waals surface area contributed by atoms with E-state index in [1.165, 1.54) is 12.1 Å². The number of nitrogens with one attached hydrogen (secondary N) is 1. The fourth-order valence-electron chi connectivity index (χ4n) is 2.17. The van der Waals surface area contributed by atoms with Crippen molar-refractivity contribution in [2.45, 2.75) is 6.61 Å². The number of nitrogens with two attached hydrogens (primary N) is 1. The van der Waals surface area contributed by atoms with E-state index in [2.05, 4.69) is 21.2 Å². The quantitative estimate of drug-likeness (QED) is 0.637. The van der Waals surface area contributed by atoms with Crippen LogP contribution in [0.2, 0.25) is 0 Å². The van der Waals surface area contributed by atoms with Crippen molar-refractivity contribution in [3.8, 4) is 5.75 Å². The van der Waals surface area contributed by atoms with E-state index in [9.17, 15) is 9.59 Å². The summed E-state index contributed by atoms with van der Waals surface area (Å²) in [6.07, 6.45) is 0. The molecule has 0 saturated heterocycles. The third-order valence-electron chi connectivity index (χ3n) is 3.51. The Labute approximate surface area is 158 Å². The average Bonchev–Trinajstić information content (AvgIpc) is 3.11. The maximum Gasteiger partial charge on any atom is 0.291 e. The Hall–Kier alpha value is -3.06. The topological polar surface area (TPSA) is 94.6 Å². The molecular formula is C19H15BrN2O4. The number of carbonyl (C=O) groups excluding carboxylic acids is 2. The second-order valence-corrected chi connectivity index (χ2v) is 6.32. The highest BCUT2D eigenvalue weighted by Gasteiger charge is 2.12. The van der Waals surface area contributed by atoms with E-state index in [0.717, 1.165) is 4.47 Å². The maximum atomic E-state index is 12.2. The van der Waals surface area contributed by atoms with Crippen LogP contribution in [0.5, 0.6) is 5.75 Å². The molecule has 1 heterocycles. The minimum Gasteiger partial charge on any atom is -0.486 e. The number of primary amides is 1. The monoisotopic (exact) mass is 414 g/mol. The predicted molar refractivity (Wildman–Crippen MR) is 100 cm³/mol. The first-order valence-electron chi connectivity index (χ1n) is 7.69. The molecule has 0 aliphatic carbocycles. The Balaban J connectivity index is 1.58. The minimum atomic E-state index is -0.524. The van der Waals surface area contributed by atoms with Gasteiger partial charge in [-0.15, -0.1) is 0 Å². The van der Waals surface area contributed by atoms with E-state index >= 15 is 0 Å². The third kappa shape index (κ3) is 4.52. The van der Waals surface area contributed by atoms with Gasteiger partial charge in [0.15, 0.2) is 5.76 Å². The van der Waals surface area contributed by atoms with Gasteiger partial charge in [0.05, 0.1) is 0 Å². The summed E-state index contributed by atoms with van der Waals surface area (Å²) in [7, 11) is 0. The molecule has 6 nitrogen and oxygen atoms in total. The molecule has 0 aliphatic rings. The summed E-state index contributed by atoms with van der Waals surface area (Å²) in [5, 5.41) is 2.69. The molecular weight excluding hydrogens is 400 g/mol. The van der Waals surface area contributed by atoms with Gasteiger partial charge < -0.3 is 20.2 Å². The lowest BCUT2D eigenvalue weighted by Gasteiger charge is -2.05.